The van der Waals surface area contributed by atoms with Crippen LogP contribution in [-0.2, 0) is 17.8 Å². The van der Waals surface area contributed by atoms with Gasteiger partial charge < -0.3 is 4.42 Å². The van der Waals surface area contributed by atoms with E-state index in [1.807, 2.05) is 10.9 Å². The van der Waals surface area contributed by atoms with Crippen molar-refractivity contribution in [1.82, 2.24) is 24.9 Å². The van der Waals surface area contributed by atoms with Gasteiger partial charge in [0.05, 0.1) is 18.0 Å². The van der Waals surface area contributed by atoms with E-state index in [0.29, 0.717) is 13.0 Å². The maximum atomic E-state index is 12.5. The predicted molar refractivity (Wildman–Crippen MR) is 128 cm³/mol. The molecule has 3 heterocycles. The second-order valence-electron chi connectivity index (χ2n) is 8.61. The van der Waals surface area contributed by atoms with Gasteiger partial charge in [0.1, 0.15) is 11.5 Å². The molecule has 1 saturated heterocycles. The molecule has 0 atom stereocenters. The van der Waals surface area contributed by atoms with Crippen LogP contribution < -0.4 is 0 Å². The molecule has 0 aromatic carbocycles. The number of nitro groups is 1. The van der Waals surface area contributed by atoms with Crippen molar-refractivity contribution in [2.45, 2.75) is 77.7 Å². The number of hydrogen-bond donors (Lipinski definition) is 0. The lowest BCUT2D eigenvalue weighted by molar-refractivity contribution is -0.402. The van der Waals surface area contributed by atoms with Gasteiger partial charge in [0, 0.05) is 19.3 Å². The quantitative estimate of drug-likeness (QED) is 0.114. The summed E-state index contributed by atoms with van der Waals surface area (Å²) in [7, 11) is 0. The largest absolute Gasteiger partial charge is 0.433 e. The first-order chi connectivity index (χ1) is 17.0. The highest BCUT2D eigenvalue weighted by atomic mass is 16.6. The Morgan fingerprint density at radius 3 is 2.60 bits per heavy atom. The second kappa shape index (κ2) is 13.4. The lowest BCUT2D eigenvalue weighted by Gasteiger charge is -2.13. The number of unbranched alkanes of at least 4 members (excludes halogenated alkanes) is 7. The van der Waals surface area contributed by atoms with Crippen LogP contribution in [0, 0.1) is 10.1 Å². The minimum Gasteiger partial charge on any atom is -0.400 e. The summed E-state index contributed by atoms with van der Waals surface area (Å²) in [5.41, 5.74) is 1.03. The van der Waals surface area contributed by atoms with E-state index < -0.39 is 16.8 Å². The SMILES string of the molecule is CCCCCCCCc1cn(CCCCCN2C(=O)CN(/N=C/c3ccc([N+](=O)[O-])o3)C2=O)nn1. The Balaban J connectivity index is 1.32. The third kappa shape index (κ3) is 8.01. The Hall–Kier alpha value is -3.57. The fraction of sp³-hybridized carbons (Fsp3) is 0.609. The van der Waals surface area contributed by atoms with Gasteiger partial charge in [-0.05, 0) is 38.2 Å². The number of carbonyl (C=O) groups is 2. The van der Waals surface area contributed by atoms with E-state index in [0.717, 1.165) is 42.9 Å². The van der Waals surface area contributed by atoms with Crippen molar-refractivity contribution < 1.29 is 18.9 Å². The van der Waals surface area contributed by atoms with E-state index in [2.05, 4.69) is 22.3 Å². The molecule has 1 aliphatic heterocycles. The van der Waals surface area contributed by atoms with E-state index in [-0.39, 0.29) is 18.2 Å². The molecular weight excluding hydrogens is 454 g/mol. The van der Waals surface area contributed by atoms with E-state index in [4.69, 9.17) is 4.42 Å². The zero-order valence-corrected chi connectivity index (χ0v) is 20.2. The number of imide groups is 1. The van der Waals surface area contributed by atoms with Gasteiger partial charge in [-0.2, -0.15) is 5.10 Å². The molecule has 3 rings (SSSR count). The van der Waals surface area contributed by atoms with E-state index in [1.54, 1.807) is 0 Å². The van der Waals surface area contributed by atoms with E-state index >= 15 is 0 Å². The number of aryl methyl sites for hydroxylation is 2. The first kappa shape index (κ1) is 26.0. The molecule has 1 aliphatic rings. The number of furan rings is 1. The molecule has 2 aromatic rings. The van der Waals surface area contributed by atoms with Crippen LogP contribution in [0.5, 0.6) is 0 Å². The summed E-state index contributed by atoms with van der Waals surface area (Å²) < 4.78 is 6.82. The first-order valence-electron chi connectivity index (χ1n) is 12.3. The average Bonchev–Trinajstić information content (AvgIpc) is 3.55. The molecule has 3 amide bonds. The summed E-state index contributed by atoms with van der Waals surface area (Å²) in [5.74, 6) is -0.622. The predicted octanol–water partition coefficient (Wildman–Crippen LogP) is 4.15. The van der Waals surface area contributed by atoms with Gasteiger partial charge in [-0.3, -0.25) is 24.5 Å². The second-order valence-corrected chi connectivity index (χ2v) is 8.61. The molecule has 1 fully saturated rings. The average molecular weight is 488 g/mol. The Bertz CT molecular complexity index is 1020. The standard InChI is InChI=1S/C23H33N7O5/c1-2-3-4-5-6-8-11-19-17-27(26-25-19)14-9-7-10-15-28-21(31)18-29(23(28)32)24-16-20-12-13-22(35-20)30(33)34/h12-13,16-17H,2-11,14-15,18H2,1H3/b24-16+. The molecule has 0 N–H and O–H groups in total. The summed E-state index contributed by atoms with van der Waals surface area (Å²) in [6, 6.07) is 2.05. The van der Waals surface area contributed by atoms with Gasteiger partial charge >= 0.3 is 11.9 Å². The Morgan fingerprint density at radius 2 is 1.83 bits per heavy atom. The van der Waals surface area contributed by atoms with Crippen molar-refractivity contribution in [2.75, 3.05) is 13.1 Å². The van der Waals surface area contributed by atoms with Gasteiger partial charge in [-0.1, -0.05) is 44.2 Å². The van der Waals surface area contributed by atoms with Crippen molar-refractivity contribution in [3.8, 4) is 0 Å². The van der Waals surface area contributed by atoms with Gasteiger partial charge in [-0.15, -0.1) is 5.10 Å². The van der Waals surface area contributed by atoms with Crippen molar-refractivity contribution in [3.63, 3.8) is 0 Å². The summed E-state index contributed by atoms with van der Waals surface area (Å²) >= 11 is 0. The van der Waals surface area contributed by atoms with Gasteiger partial charge in [0.2, 0.25) is 0 Å². The first-order valence-corrected chi connectivity index (χ1v) is 12.3. The molecule has 190 valence electrons. The van der Waals surface area contributed by atoms with Crippen LogP contribution in [0.1, 0.15) is 76.2 Å². The normalized spacial score (nSPS) is 14.1. The molecular formula is C23H33N7O5. The fourth-order valence-corrected chi connectivity index (χ4v) is 3.84. The van der Waals surface area contributed by atoms with Crippen molar-refractivity contribution in [2.24, 2.45) is 5.10 Å². The molecule has 0 spiro atoms. The van der Waals surface area contributed by atoms with Crippen LogP contribution >= 0.6 is 0 Å². The summed E-state index contributed by atoms with van der Waals surface area (Å²) in [5, 5.41) is 24.1. The van der Waals surface area contributed by atoms with Crippen molar-refractivity contribution in [1.29, 1.82) is 0 Å². The number of urea groups is 1. The molecule has 0 saturated carbocycles. The van der Waals surface area contributed by atoms with Crippen molar-refractivity contribution in [3.05, 3.63) is 39.9 Å². The lowest BCUT2D eigenvalue weighted by Crippen LogP contribution is -2.32. The maximum absolute atomic E-state index is 12.5. The van der Waals surface area contributed by atoms with Gasteiger partial charge in [-0.25, -0.2) is 9.80 Å². The Kier molecular flexibility index (Phi) is 9.93. The minimum absolute atomic E-state index is 0.124. The van der Waals surface area contributed by atoms with Crippen LogP contribution in [0.4, 0.5) is 10.7 Å². The number of aromatic nitrogens is 3. The van der Waals surface area contributed by atoms with E-state index in [9.17, 15) is 19.7 Å². The topological polar surface area (TPSA) is 140 Å². The van der Waals surface area contributed by atoms with Crippen LogP contribution in [0.25, 0.3) is 0 Å². The summed E-state index contributed by atoms with van der Waals surface area (Å²) in [4.78, 5) is 35.8. The Morgan fingerprint density at radius 1 is 1.09 bits per heavy atom. The highest BCUT2D eigenvalue weighted by Crippen LogP contribution is 2.16. The maximum Gasteiger partial charge on any atom is 0.433 e. The number of hydrogen-bond acceptors (Lipinski definition) is 8. The molecule has 12 heteroatoms. The molecule has 35 heavy (non-hydrogen) atoms. The third-order valence-electron chi connectivity index (χ3n) is 5.80. The summed E-state index contributed by atoms with van der Waals surface area (Å²) in [6.45, 7) is 3.11. The van der Waals surface area contributed by atoms with E-state index in [1.165, 1.54) is 55.4 Å². The van der Waals surface area contributed by atoms with Crippen LogP contribution in [0.3, 0.4) is 0 Å². The van der Waals surface area contributed by atoms with Crippen LogP contribution in [-0.4, -0.2) is 61.1 Å². The summed E-state index contributed by atoms with van der Waals surface area (Å²) in [6.07, 6.45) is 14.1. The van der Waals surface area contributed by atoms with Crippen LogP contribution in [0.2, 0.25) is 0 Å². The number of amides is 3. The van der Waals surface area contributed by atoms with Crippen LogP contribution in [0.15, 0.2) is 27.8 Å². The molecule has 0 radical (unpaired) electrons. The van der Waals surface area contributed by atoms with Gasteiger partial charge in [0.15, 0.2) is 5.76 Å². The fourth-order valence-electron chi connectivity index (χ4n) is 3.84. The number of rotatable bonds is 16. The lowest BCUT2D eigenvalue weighted by atomic mass is 10.1. The third-order valence-corrected chi connectivity index (χ3v) is 5.80. The Labute approximate surface area is 204 Å². The molecule has 0 aliphatic carbocycles. The zero-order valence-electron chi connectivity index (χ0n) is 20.2. The molecule has 12 nitrogen and oxygen atoms in total. The van der Waals surface area contributed by atoms with Crippen molar-refractivity contribution >= 4 is 24.0 Å². The minimum atomic E-state index is -0.665. The zero-order chi connectivity index (χ0) is 25.0. The smallest absolute Gasteiger partial charge is 0.400 e. The number of nitrogens with zero attached hydrogens (tertiary/aromatic N) is 7. The number of hydrazone groups is 1. The highest BCUT2D eigenvalue weighted by Gasteiger charge is 2.35. The molecule has 2 aromatic heterocycles. The monoisotopic (exact) mass is 487 g/mol. The number of carbonyl (C=O) groups excluding carboxylic acids is 2. The molecule has 0 unspecified atom stereocenters. The molecule has 0 bridgehead atoms. The van der Waals surface area contributed by atoms with Gasteiger partial charge in [0.25, 0.3) is 5.91 Å². The highest BCUT2D eigenvalue weighted by molar-refractivity contribution is 6.02.